The molecule has 2 N–H and O–H groups in total. The van der Waals surface area contributed by atoms with Gasteiger partial charge in [-0.1, -0.05) is 18.2 Å². The van der Waals surface area contributed by atoms with Crippen LogP contribution in [-0.4, -0.2) is 21.3 Å². The van der Waals surface area contributed by atoms with Crippen molar-refractivity contribution in [2.24, 2.45) is 0 Å². The molecule has 0 aliphatic heterocycles. The van der Waals surface area contributed by atoms with Gasteiger partial charge in [0.1, 0.15) is 0 Å². The maximum absolute atomic E-state index is 8.90. The standard InChI is InChI=1S/C17H19N3O/c21-10-4-6-14-5-3-7-16(11-14)18-12-15-13-19-20-9-2-1-8-17(15)20/h1-3,5,7-9,11,13,18,21H,4,6,10,12H2. The lowest BCUT2D eigenvalue weighted by molar-refractivity contribution is 0.288. The van der Waals surface area contributed by atoms with Crippen molar-refractivity contribution in [3.8, 4) is 0 Å². The summed E-state index contributed by atoms with van der Waals surface area (Å²) in [6.45, 7) is 0.983. The Labute approximate surface area is 124 Å². The third-order valence-corrected chi connectivity index (χ3v) is 3.54. The monoisotopic (exact) mass is 281 g/mol. The molecule has 0 unspecified atom stereocenters. The maximum atomic E-state index is 8.90. The number of nitrogens with one attached hydrogen (secondary N) is 1. The van der Waals surface area contributed by atoms with Gasteiger partial charge in [-0.3, -0.25) is 0 Å². The number of pyridine rings is 1. The molecule has 3 rings (SSSR count). The van der Waals surface area contributed by atoms with Gasteiger partial charge < -0.3 is 10.4 Å². The SMILES string of the molecule is OCCCc1cccc(NCc2cnn3ccccc23)c1. The number of nitrogens with zero attached hydrogens (tertiary/aromatic N) is 2. The Kier molecular flexibility index (Phi) is 4.17. The van der Waals surface area contributed by atoms with E-state index in [1.165, 1.54) is 11.1 Å². The molecule has 0 aliphatic rings. The van der Waals surface area contributed by atoms with Crippen LogP contribution in [0.1, 0.15) is 17.5 Å². The molecule has 2 heterocycles. The molecule has 2 aromatic heterocycles. The number of hydrogen-bond donors (Lipinski definition) is 2. The molecule has 0 radical (unpaired) electrons. The van der Waals surface area contributed by atoms with Gasteiger partial charge in [-0.25, -0.2) is 4.52 Å². The van der Waals surface area contributed by atoms with Gasteiger partial charge in [0.2, 0.25) is 0 Å². The molecule has 0 saturated heterocycles. The fourth-order valence-electron chi connectivity index (χ4n) is 2.44. The molecular formula is C17H19N3O. The topological polar surface area (TPSA) is 49.6 Å². The summed E-state index contributed by atoms with van der Waals surface area (Å²) < 4.78 is 1.88. The van der Waals surface area contributed by atoms with Crippen molar-refractivity contribution in [1.29, 1.82) is 0 Å². The molecule has 3 aromatic rings. The van der Waals surface area contributed by atoms with Crippen molar-refractivity contribution >= 4 is 11.2 Å². The van der Waals surface area contributed by atoms with Crippen LogP contribution in [0, 0.1) is 0 Å². The van der Waals surface area contributed by atoms with Crippen LogP contribution in [-0.2, 0) is 13.0 Å². The minimum atomic E-state index is 0.236. The number of rotatable bonds is 6. The molecule has 0 amide bonds. The van der Waals surface area contributed by atoms with Crippen LogP contribution in [0.3, 0.4) is 0 Å². The van der Waals surface area contributed by atoms with Crippen molar-refractivity contribution < 1.29 is 5.11 Å². The third-order valence-electron chi connectivity index (χ3n) is 3.54. The van der Waals surface area contributed by atoms with E-state index in [-0.39, 0.29) is 6.61 Å². The summed E-state index contributed by atoms with van der Waals surface area (Å²) in [6.07, 6.45) is 5.56. The Morgan fingerprint density at radius 2 is 2.10 bits per heavy atom. The van der Waals surface area contributed by atoms with Crippen LogP contribution in [0.2, 0.25) is 0 Å². The molecule has 4 nitrogen and oxygen atoms in total. The van der Waals surface area contributed by atoms with Gasteiger partial charge in [0, 0.05) is 30.6 Å². The number of hydrogen-bond acceptors (Lipinski definition) is 3. The molecule has 0 atom stereocenters. The highest BCUT2D eigenvalue weighted by atomic mass is 16.2. The van der Waals surface area contributed by atoms with E-state index in [2.05, 4.69) is 34.7 Å². The third kappa shape index (κ3) is 3.23. The first-order valence-corrected chi connectivity index (χ1v) is 7.22. The molecule has 0 spiro atoms. The lowest BCUT2D eigenvalue weighted by atomic mass is 10.1. The van der Waals surface area contributed by atoms with Crippen LogP contribution in [0.15, 0.2) is 54.9 Å². The molecular weight excluding hydrogens is 262 g/mol. The number of fused-ring (bicyclic) bond motifs is 1. The van der Waals surface area contributed by atoms with Crippen LogP contribution >= 0.6 is 0 Å². The van der Waals surface area contributed by atoms with Crippen molar-refractivity contribution in [2.75, 3.05) is 11.9 Å². The molecule has 0 saturated carbocycles. The van der Waals surface area contributed by atoms with Gasteiger partial charge in [-0.2, -0.15) is 5.10 Å². The molecule has 4 heteroatoms. The van der Waals surface area contributed by atoms with Crippen LogP contribution in [0.25, 0.3) is 5.52 Å². The first-order chi connectivity index (χ1) is 10.4. The Morgan fingerprint density at radius 1 is 1.14 bits per heavy atom. The largest absolute Gasteiger partial charge is 0.396 e. The van der Waals surface area contributed by atoms with Gasteiger partial charge in [0.25, 0.3) is 0 Å². The zero-order valence-corrected chi connectivity index (χ0v) is 11.9. The number of aromatic nitrogens is 2. The normalized spacial score (nSPS) is 10.9. The number of aliphatic hydroxyl groups excluding tert-OH is 1. The van der Waals surface area contributed by atoms with Gasteiger partial charge in [0.05, 0.1) is 11.7 Å². The molecule has 0 bridgehead atoms. The Morgan fingerprint density at radius 3 is 3.00 bits per heavy atom. The van der Waals surface area contributed by atoms with Crippen LogP contribution in [0.5, 0.6) is 0 Å². The van der Waals surface area contributed by atoms with Crippen molar-refractivity contribution in [2.45, 2.75) is 19.4 Å². The first-order valence-electron chi connectivity index (χ1n) is 7.22. The predicted octanol–water partition coefficient (Wildman–Crippen LogP) is 2.87. The van der Waals surface area contributed by atoms with E-state index >= 15 is 0 Å². The fraction of sp³-hybridized carbons (Fsp3) is 0.235. The summed E-state index contributed by atoms with van der Waals surface area (Å²) in [7, 11) is 0. The quantitative estimate of drug-likeness (QED) is 0.730. The molecule has 0 fully saturated rings. The fourth-order valence-corrected chi connectivity index (χ4v) is 2.44. The zero-order chi connectivity index (χ0) is 14.5. The van der Waals surface area contributed by atoms with E-state index in [4.69, 9.17) is 5.11 Å². The minimum Gasteiger partial charge on any atom is -0.396 e. The van der Waals surface area contributed by atoms with Gasteiger partial charge in [-0.15, -0.1) is 0 Å². The summed E-state index contributed by atoms with van der Waals surface area (Å²) in [5.74, 6) is 0. The lowest BCUT2D eigenvalue weighted by Gasteiger charge is -2.07. The average Bonchev–Trinajstić information content (AvgIpc) is 2.95. The summed E-state index contributed by atoms with van der Waals surface area (Å²) in [5, 5.41) is 16.7. The van der Waals surface area contributed by atoms with E-state index in [1.807, 2.05) is 35.1 Å². The lowest BCUT2D eigenvalue weighted by Crippen LogP contribution is -2.00. The van der Waals surface area contributed by atoms with Crippen molar-refractivity contribution in [1.82, 2.24) is 9.61 Å². The zero-order valence-electron chi connectivity index (χ0n) is 11.9. The van der Waals surface area contributed by atoms with E-state index in [0.717, 1.165) is 30.6 Å². The predicted molar refractivity (Wildman–Crippen MR) is 84.4 cm³/mol. The van der Waals surface area contributed by atoms with E-state index in [1.54, 1.807) is 0 Å². The molecule has 0 aliphatic carbocycles. The summed E-state index contributed by atoms with van der Waals surface area (Å²) >= 11 is 0. The Hall–Kier alpha value is -2.33. The second-order valence-corrected chi connectivity index (χ2v) is 5.08. The smallest absolute Gasteiger partial charge is 0.0711 e. The maximum Gasteiger partial charge on any atom is 0.0711 e. The highest BCUT2D eigenvalue weighted by Gasteiger charge is 2.03. The van der Waals surface area contributed by atoms with Crippen molar-refractivity contribution in [3.05, 3.63) is 66.0 Å². The van der Waals surface area contributed by atoms with E-state index in [9.17, 15) is 0 Å². The number of aryl methyl sites for hydroxylation is 1. The second kappa shape index (κ2) is 6.41. The Balaban J connectivity index is 1.70. The van der Waals surface area contributed by atoms with Crippen molar-refractivity contribution in [3.63, 3.8) is 0 Å². The summed E-state index contributed by atoms with van der Waals surface area (Å²) in [6, 6.07) is 14.4. The minimum absolute atomic E-state index is 0.236. The number of aliphatic hydroxyl groups is 1. The highest BCUT2D eigenvalue weighted by Crippen LogP contribution is 2.15. The first kappa shape index (κ1) is 13.6. The van der Waals surface area contributed by atoms with Gasteiger partial charge in [0.15, 0.2) is 0 Å². The number of anilines is 1. The summed E-state index contributed by atoms with van der Waals surface area (Å²) in [5.41, 5.74) is 4.65. The highest BCUT2D eigenvalue weighted by molar-refractivity contribution is 5.55. The van der Waals surface area contributed by atoms with E-state index < -0.39 is 0 Å². The molecule has 108 valence electrons. The van der Waals surface area contributed by atoms with Gasteiger partial charge >= 0.3 is 0 Å². The number of benzene rings is 1. The molecule has 1 aromatic carbocycles. The van der Waals surface area contributed by atoms with Crippen LogP contribution in [0.4, 0.5) is 5.69 Å². The Bertz CT molecular complexity index is 721. The van der Waals surface area contributed by atoms with Crippen LogP contribution < -0.4 is 5.32 Å². The molecule has 21 heavy (non-hydrogen) atoms. The van der Waals surface area contributed by atoms with Gasteiger partial charge in [-0.05, 0) is 42.7 Å². The average molecular weight is 281 g/mol. The summed E-state index contributed by atoms with van der Waals surface area (Å²) in [4.78, 5) is 0. The second-order valence-electron chi connectivity index (χ2n) is 5.08. The van der Waals surface area contributed by atoms with E-state index in [0.29, 0.717) is 0 Å².